The average molecular weight is 254 g/mol. The highest BCUT2D eigenvalue weighted by Crippen LogP contribution is 2.19. The molecule has 2 aliphatic rings. The second-order valence-corrected chi connectivity index (χ2v) is 4.60. The van der Waals surface area contributed by atoms with Crippen molar-refractivity contribution in [3.8, 4) is 0 Å². The Labute approximate surface area is 105 Å². The lowest BCUT2D eigenvalue weighted by Crippen LogP contribution is -2.34. The smallest absolute Gasteiger partial charge is 0.315 e. The lowest BCUT2D eigenvalue weighted by Gasteiger charge is -2.22. The van der Waals surface area contributed by atoms with Crippen LogP contribution in [-0.2, 0) is 16.0 Å². The maximum Gasteiger partial charge on any atom is 0.315 e. The Bertz CT molecular complexity index is 374. The van der Waals surface area contributed by atoms with Crippen molar-refractivity contribution in [3.63, 3.8) is 0 Å². The van der Waals surface area contributed by atoms with E-state index in [-0.39, 0.29) is 6.10 Å². The number of ether oxygens (including phenoxy) is 2. The van der Waals surface area contributed by atoms with Gasteiger partial charge in [-0.1, -0.05) is 5.10 Å². The minimum atomic E-state index is 0.0543. The second-order valence-electron chi connectivity index (χ2n) is 4.60. The third-order valence-corrected chi connectivity index (χ3v) is 2.95. The second kappa shape index (κ2) is 5.64. The first kappa shape index (κ1) is 11.9. The topological polar surface area (TPSA) is 81.4 Å². The minimum Gasteiger partial charge on any atom is -0.407 e. The SMILES string of the molecule is C1COC(CNc2nnc(CNC3CC3)o2)CO1. The van der Waals surface area contributed by atoms with Crippen LogP contribution in [0.15, 0.2) is 4.42 Å². The normalized spacial score (nSPS) is 24.1. The molecule has 1 aliphatic heterocycles. The molecule has 1 aromatic heterocycles. The van der Waals surface area contributed by atoms with Crippen LogP contribution in [0.5, 0.6) is 0 Å². The summed E-state index contributed by atoms with van der Waals surface area (Å²) in [7, 11) is 0. The van der Waals surface area contributed by atoms with E-state index in [0.29, 0.717) is 50.9 Å². The molecule has 0 radical (unpaired) electrons. The first-order chi connectivity index (χ1) is 8.90. The highest BCUT2D eigenvalue weighted by atomic mass is 16.6. The van der Waals surface area contributed by atoms with Gasteiger partial charge in [0, 0.05) is 12.6 Å². The zero-order chi connectivity index (χ0) is 12.2. The molecule has 2 fully saturated rings. The van der Waals surface area contributed by atoms with Gasteiger partial charge in [0.15, 0.2) is 0 Å². The molecule has 7 heteroatoms. The van der Waals surface area contributed by atoms with Crippen molar-refractivity contribution < 1.29 is 13.9 Å². The van der Waals surface area contributed by atoms with Gasteiger partial charge in [0.05, 0.1) is 32.5 Å². The van der Waals surface area contributed by atoms with Gasteiger partial charge >= 0.3 is 6.01 Å². The van der Waals surface area contributed by atoms with E-state index in [0.717, 1.165) is 0 Å². The Kier molecular flexibility index (Phi) is 3.72. The summed E-state index contributed by atoms with van der Waals surface area (Å²) in [5.74, 6) is 0.616. The highest BCUT2D eigenvalue weighted by molar-refractivity contribution is 5.17. The molecule has 18 heavy (non-hydrogen) atoms. The Morgan fingerprint density at radius 2 is 2.17 bits per heavy atom. The zero-order valence-corrected chi connectivity index (χ0v) is 10.2. The molecule has 0 aromatic carbocycles. The van der Waals surface area contributed by atoms with Gasteiger partial charge < -0.3 is 24.5 Å². The van der Waals surface area contributed by atoms with Crippen molar-refractivity contribution >= 4 is 6.01 Å². The van der Waals surface area contributed by atoms with Crippen molar-refractivity contribution in [2.75, 3.05) is 31.7 Å². The molecule has 1 saturated carbocycles. The van der Waals surface area contributed by atoms with Gasteiger partial charge in [-0.25, -0.2) is 0 Å². The molecule has 0 amide bonds. The van der Waals surface area contributed by atoms with Gasteiger partial charge in [0.25, 0.3) is 0 Å². The molecule has 7 nitrogen and oxygen atoms in total. The molecular weight excluding hydrogens is 236 g/mol. The van der Waals surface area contributed by atoms with E-state index in [2.05, 4.69) is 20.8 Å². The fraction of sp³-hybridized carbons (Fsp3) is 0.818. The van der Waals surface area contributed by atoms with Crippen molar-refractivity contribution in [2.45, 2.75) is 31.5 Å². The van der Waals surface area contributed by atoms with Gasteiger partial charge in [-0.3, -0.25) is 0 Å². The van der Waals surface area contributed by atoms with E-state index < -0.39 is 0 Å². The summed E-state index contributed by atoms with van der Waals surface area (Å²) in [5.41, 5.74) is 0. The summed E-state index contributed by atoms with van der Waals surface area (Å²) >= 11 is 0. The molecule has 1 unspecified atom stereocenters. The fourth-order valence-corrected chi connectivity index (χ4v) is 1.77. The van der Waals surface area contributed by atoms with Crippen LogP contribution in [0, 0.1) is 0 Å². The standard InChI is InChI=1S/C11H18N4O3/c1-2-8(1)12-6-10-14-15-11(18-10)13-5-9-7-16-3-4-17-9/h8-9,12H,1-7H2,(H,13,15). The van der Waals surface area contributed by atoms with E-state index >= 15 is 0 Å². The summed E-state index contributed by atoms with van der Waals surface area (Å²) in [5, 5.41) is 14.3. The first-order valence-electron chi connectivity index (χ1n) is 6.39. The van der Waals surface area contributed by atoms with Crippen molar-refractivity contribution in [3.05, 3.63) is 5.89 Å². The number of nitrogens with one attached hydrogen (secondary N) is 2. The monoisotopic (exact) mass is 254 g/mol. The predicted octanol–water partition coefficient (Wildman–Crippen LogP) is 0.149. The maximum absolute atomic E-state index is 5.50. The maximum atomic E-state index is 5.50. The Morgan fingerprint density at radius 1 is 1.22 bits per heavy atom. The van der Waals surface area contributed by atoms with E-state index in [4.69, 9.17) is 13.9 Å². The van der Waals surface area contributed by atoms with E-state index in [1.165, 1.54) is 12.8 Å². The summed E-state index contributed by atoms with van der Waals surface area (Å²) < 4.78 is 16.3. The van der Waals surface area contributed by atoms with E-state index in [9.17, 15) is 0 Å². The number of rotatable bonds is 6. The van der Waals surface area contributed by atoms with Crippen LogP contribution in [0.2, 0.25) is 0 Å². The van der Waals surface area contributed by atoms with E-state index in [1.54, 1.807) is 0 Å². The number of hydrogen-bond donors (Lipinski definition) is 2. The summed E-state index contributed by atoms with van der Waals surface area (Å²) in [6, 6.07) is 1.08. The average Bonchev–Trinajstić information content (AvgIpc) is 3.14. The molecule has 1 aromatic rings. The molecule has 1 atom stereocenters. The summed E-state index contributed by atoms with van der Waals surface area (Å²) in [6.07, 6.45) is 2.55. The van der Waals surface area contributed by atoms with Crippen LogP contribution < -0.4 is 10.6 Å². The third kappa shape index (κ3) is 3.41. The van der Waals surface area contributed by atoms with Crippen LogP contribution in [-0.4, -0.2) is 48.7 Å². The van der Waals surface area contributed by atoms with Gasteiger partial charge in [-0.2, -0.15) is 0 Å². The molecule has 100 valence electrons. The van der Waals surface area contributed by atoms with Crippen molar-refractivity contribution in [2.24, 2.45) is 0 Å². The largest absolute Gasteiger partial charge is 0.407 e. The van der Waals surface area contributed by atoms with Gasteiger partial charge in [0.1, 0.15) is 0 Å². The Balaban J connectivity index is 1.41. The molecule has 1 saturated heterocycles. The first-order valence-corrected chi connectivity index (χ1v) is 6.39. The molecule has 0 bridgehead atoms. The third-order valence-electron chi connectivity index (χ3n) is 2.95. The van der Waals surface area contributed by atoms with E-state index in [1.807, 2.05) is 0 Å². The van der Waals surface area contributed by atoms with Gasteiger partial charge in [0.2, 0.25) is 5.89 Å². The fourth-order valence-electron chi connectivity index (χ4n) is 1.77. The minimum absolute atomic E-state index is 0.0543. The highest BCUT2D eigenvalue weighted by Gasteiger charge is 2.21. The predicted molar refractivity (Wildman–Crippen MR) is 63.2 cm³/mol. The van der Waals surface area contributed by atoms with Crippen LogP contribution >= 0.6 is 0 Å². The molecule has 0 spiro atoms. The van der Waals surface area contributed by atoms with Crippen LogP contribution in [0.1, 0.15) is 18.7 Å². The Hall–Kier alpha value is -1.18. The van der Waals surface area contributed by atoms with Gasteiger partial charge in [-0.05, 0) is 12.8 Å². The van der Waals surface area contributed by atoms with Gasteiger partial charge in [-0.15, -0.1) is 5.10 Å². The zero-order valence-electron chi connectivity index (χ0n) is 10.2. The molecule has 2 N–H and O–H groups in total. The summed E-state index contributed by atoms with van der Waals surface area (Å²) in [6.45, 7) is 3.19. The molecule has 1 aliphatic carbocycles. The Morgan fingerprint density at radius 3 is 2.94 bits per heavy atom. The molecule has 3 rings (SSSR count). The molecule has 2 heterocycles. The number of aromatic nitrogens is 2. The quantitative estimate of drug-likeness (QED) is 0.747. The van der Waals surface area contributed by atoms with Crippen molar-refractivity contribution in [1.29, 1.82) is 0 Å². The number of anilines is 1. The number of nitrogens with zero attached hydrogens (tertiary/aromatic N) is 2. The van der Waals surface area contributed by atoms with Crippen LogP contribution in [0.4, 0.5) is 6.01 Å². The lowest BCUT2D eigenvalue weighted by atomic mass is 10.3. The summed E-state index contributed by atoms with van der Waals surface area (Å²) in [4.78, 5) is 0. The van der Waals surface area contributed by atoms with Crippen LogP contribution in [0.25, 0.3) is 0 Å². The van der Waals surface area contributed by atoms with Crippen molar-refractivity contribution in [1.82, 2.24) is 15.5 Å². The van der Waals surface area contributed by atoms with Crippen LogP contribution in [0.3, 0.4) is 0 Å². The number of hydrogen-bond acceptors (Lipinski definition) is 7. The lowest BCUT2D eigenvalue weighted by molar-refractivity contribution is -0.0820. The molecular formula is C11H18N4O3.